The summed E-state index contributed by atoms with van der Waals surface area (Å²) in [6.07, 6.45) is 3.36. The third-order valence-electron chi connectivity index (χ3n) is 6.16. The van der Waals surface area contributed by atoms with Gasteiger partial charge in [-0.05, 0) is 51.6 Å². The number of aromatic nitrogens is 1. The molecular formula is C31H31Br2N4O5+. The Morgan fingerprint density at radius 2 is 1.67 bits per heavy atom. The van der Waals surface area contributed by atoms with Gasteiger partial charge < -0.3 is 14.8 Å². The normalized spacial score (nSPS) is 10.6. The van der Waals surface area contributed by atoms with Gasteiger partial charge in [-0.3, -0.25) is 15.0 Å². The Hall–Kier alpha value is -3.96. The van der Waals surface area contributed by atoms with Crippen molar-refractivity contribution in [2.75, 3.05) is 36.5 Å². The average molecular weight is 699 g/mol. The summed E-state index contributed by atoms with van der Waals surface area (Å²) in [6, 6.07) is 22.2. The first-order chi connectivity index (χ1) is 20.3. The van der Waals surface area contributed by atoms with Crippen molar-refractivity contribution in [1.29, 1.82) is 0 Å². The minimum atomic E-state index is -0.636. The fraction of sp³-hybridized carbons (Fsp3) is 0.226. The first-order valence-electron chi connectivity index (χ1n) is 13.4. The van der Waals surface area contributed by atoms with E-state index in [9.17, 15) is 14.4 Å². The van der Waals surface area contributed by atoms with E-state index in [4.69, 9.17) is 9.47 Å². The Kier molecular flexibility index (Phi) is 11.3. The predicted molar refractivity (Wildman–Crippen MR) is 169 cm³/mol. The monoisotopic (exact) mass is 697 g/mol. The topological polar surface area (TPSA) is 101 Å². The van der Waals surface area contributed by atoms with Crippen LogP contribution in [0.5, 0.6) is 0 Å². The van der Waals surface area contributed by atoms with Crippen LogP contribution in [0.2, 0.25) is 0 Å². The van der Waals surface area contributed by atoms with E-state index >= 15 is 0 Å². The van der Waals surface area contributed by atoms with Crippen LogP contribution in [0.15, 0.2) is 94.1 Å². The summed E-state index contributed by atoms with van der Waals surface area (Å²) in [7, 11) is 0. The summed E-state index contributed by atoms with van der Waals surface area (Å²) < 4.78 is 14.4. The number of nitrogens with one attached hydrogen (secondary N) is 2. The maximum absolute atomic E-state index is 13.1. The molecule has 0 bridgehead atoms. The van der Waals surface area contributed by atoms with E-state index in [-0.39, 0.29) is 32.2 Å². The first-order valence-corrected chi connectivity index (χ1v) is 15.0. The summed E-state index contributed by atoms with van der Waals surface area (Å²) >= 11 is 6.86. The zero-order chi connectivity index (χ0) is 29.9. The third kappa shape index (κ3) is 8.77. The van der Waals surface area contributed by atoms with Gasteiger partial charge in [0.1, 0.15) is 25.3 Å². The Morgan fingerprint density at radius 3 is 2.48 bits per heavy atom. The number of carbonyl (C=O) groups is 3. The van der Waals surface area contributed by atoms with Gasteiger partial charge in [-0.2, -0.15) is 0 Å². The number of ether oxygens (including phenoxy) is 2. The lowest BCUT2D eigenvalue weighted by Crippen LogP contribution is -2.38. The maximum Gasteiger partial charge on any atom is 0.414 e. The molecule has 0 saturated carbocycles. The number of hydrogen-bond donors (Lipinski definition) is 2. The molecule has 3 aromatic carbocycles. The van der Waals surface area contributed by atoms with Gasteiger partial charge in [0.05, 0.1) is 23.2 Å². The molecule has 0 aliphatic rings. The van der Waals surface area contributed by atoms with Gasteiger partial charge >= 0.3 is 12.2 Å². The molecule has 0 unspecified atom stereocenters. The molecule has 42 heavy (non-hydrogen) atoms. The molecule has 1 aromatic heterocycles. The molecule has 0 atom stereocenters. The molecular weight excluding hydrogens is 668 g/mol. The van der Waals surface area contributed by atoms with Crippen LogP contribution in [0.3, 0.4) is 0 Å². The number of benzene rings is 3. The number of pyridine rings is 1. The molecule has 2 N–H and O–H groups in total. The van der Waals surface area contributed by atoms with E-state index in [0.717, 1.165) is 32.7 Å². The molecule has 4 rings (SSSR count). The SMILES string of the molecule is CCC[n+]1cc(Br)cc(C(=O)NCCOC(=O)N(CCOC(=O)Nc2cccc3ccccc23)c2cccc(Br)c2)c1. The number of fused-ring (bicyclic) bond motifs is 1. The van der Waals surface area contributed by atoms with Crippen LogP contribution in [0.25, 0.3) is 10.8 Å². The van der Waals surface area contributed by atoms with Crippen LogP contribution in [0, 0.1) is 0 Å². The third-order valence-corrected chi connectivity index (χ3v) is 7.09. The highest BCUT2D eigenvalue weighted by molar-refractivity contribution is 9.10. The van der Waals surface area contributed by atoms with Crippen LogP contribution in [0.4, 0.5) is 21.0 Å². The van der Waals surface area contributed by atoms with E-state index in [1.54, 1.807) is 36.5 Å². The van der Waals surface area contributed by atoms with Crippen LogP contribution in [0.1, 0.15) is 23.7 Å². The number of amides is 3. The molecule has 9 nitrogen and oxygen atoms in total. The molecule has 0 spiro atoms. The molecule has 0 radical (unpaired) electrons. The highest BCUT2D eigenvalue weighted by Gasteiger charge is 2.19. The number of nitrogens with zero attached hydrogens (tertiary/aromatic N) is 2. The van der Waals surface area contributed by atoms with Crippen molar-refractivity contribution >= 4 is 72.1 Å². The molecule has 0 saturated heterocycles. The van der Waals surface area contributed by atoms with Gasteiger partial charge in [-0.15, -0.1) is 0 Å². The highest BCUT2D eigenvalue weighted by Crippen LogP contribution is 2.23. The summed E-state index contributed by atoms with van der Waals surface area (Å²) in [5.74, 6) is -0.272. The van der Waals surface area contributed by atoms with Crippen molar-refractivity contribution in [3.05, 3.63) is 99.7 Å². The standard InChI is InChI=1S/C31H30Br2N4O5/c1-2-14-36-20-23(18-25(33)21-36)29(38)34-13-16-42-31(40)37(26-10-6-9-24(32)19-26)15-17-41-30(39)35-28-12-5-8-22-7-3-4-11-27(22)28/h3-12,18-21H,2,13-17H2,1H3,(H-,34,35,38,39)/p+1. The minimum Gasteiger partial charge on any atom is -0.447 e. The molecule has 4 aromatic rings. The molecule has 11 heteroatoms. The number of aryl methyl sites for hydroxylation is 1. The van der Waals surface area contributed by atoms with Crippen LogP contribution in [-0.4, -0.2) is 44.4 Å². The van der Waals surface area contributed by atoms with Gasteiger partial charge in [0, 0.05) is 22.0 Å². The predicted octanol–water partition coefficient (Wildman–Crippen LogP) is 6.68. The molecule has 218 valence electrons. The fourth-order valence-corrected chi connectivity index (χ4v) is 5.17. The van der Waals surface area contributed by atoms with Gasteiger partial charge in [0.15, 0.2) is 12.4 Å². The van der Waals surface area contributed by atoms with E-state index in [0.29, 0.717) is 16.9 Å². The average Bonchev–Trinajstić information content (AvgIpc) is 2.97. The summed E-state index contributed by atoms with van der Waals surface area (Å²) in [5, 5.41) is 7.43. The lowest BCUT2D eigenvalue weighted by atomic mass is 10.1. The van der Waals surface area contributed by atoms with Crippen molar-refractivity contribution in [2.24, 2.45) is 0 Å². The summed E-state index contributed by atoms with van der Waals surface area (Å²) in [6.45, 7) is 2.92. The smallest absolute Gasteiger partial charge is 0.414 e. The van der Waals surface area contributed by atoms with Crippen LogP contribution < -0.4 is 20.1 Å². The molecule has 0 aliphatic heterocycles. The van der Waals surface area contributed by atoms with Crippen molar-refractivity contribution in [3.8, 4) is 0 Å². The van der Waals surface area contributed by atoms with Crippen LogP contribution >= 0.6 is 31.9 Å². The molecule has 0 fully saturated rings. The second-order valence-electron chi connectivity index (χ2n) is 9.27. The van der Waals surface area contributed by atoms with Crippen LogP contribution in [-0.2, 0) is 16.0 Å². The van der Waals surface area contributed by atoms with Gasteiger partial charge in [-0.1, -0.05) is 65.3 Å². The highest BCUT2D eigenvalue weighted by atomic mass is 79.9. The lowest BCUT2D eigenvalue weighted by molar-refractivity contribution is -0.697. The quantitative estimate of drug-likeness (QED) is 0.134. The number of halogens is 2. The Morgan fingerprint density at radius 1 is 0.881 bits per heavy atom. The largest absolute Gasteiger partial charge is 0.447 e. The molecule has 1 heterocycles. The Labute approximate surface area is 261 Å². The number of rotatable bonds is 11. The van der Waals surface area contributed by atoms with E-state index in [1.807, 2.05) is 53.2 Å². The number of hydrogen-bond acceptors (Lipinski definition) is 5. The van der Waals surface area contributed by atoms with Gasteiger partial charge in [0.25, 0.3) is 5.91 Å². The minimum absolute atomic E-state index is 0.0412. The van der Waals surface area contributed by atoms with Crippen molar-refractivity contribution < 1.29 is 28.4 Å². The number of anilines is 2. The molecule has 3 amide bonds. The Bertz CT molecular complexity index is 1560. The Balaban J connectivity index is 1.31. The van der Waals surface area contributed by atoms with Crippen molar-refractivity contribution in [2.45, 2.75) is 19.9 Å². The van der Waals surface area contributed by atoms with Crippen molar-refractivity contribution in [1.82, 2.24) is 5.32 Å². The number of carbonyl (C=O) groups excluding carboxylic acids is 3. The summed E-state index contributed by atoms with van der Waals surface area (Å²) in [5.41, 5.74) is 1.69. The van der Waals surface area contributed by atoms with E-state index in [1.165, 1.54) is 4.90 Å². The van der Waals surface area contributed by atoms with E-state index < -0.39 is 12.2 Å². The fourth-order valence-electron chi connectivity index (χ4n) is 4.27. The van der Waals surface area contributed by atoms with E-state index in [2.05, 4.69) is 49.4 Å². The molecule has 0 aliphatic carbocycles. The lowest BCUT2D eigenvalue weighted by Gasteiger charge is -2.22. The first kappa shape index (κ1) is 31.0. The summed E-state index contributed by atoms with van der Waals surface area (Å²) in [4.78, 5) is 39.6. The second kappa shape index (κ2) is 15.3. The maximum atomic E-state index is 13.1. The van der Waals surface area contributed by atoms with Gasteiger partial charge in [0.2, 0.25) is 0 Å². The zero-order valence-corrected chi connectivity index (χ0v) is 26.2. The van der Waals surface area contributed by atoms with Gasteiger partial charge in [-0.25, -0.2) is 14.2 Å². The second-order valence-corrected chi connectivity index (χ2v) is 11.1. The van der Waals surface area contributed by atoms with Crippen molar-refractivity contribution in [3.63, 3.8) is 0 Å². The zero-order valence-electron chi connectivity index (χ0n) is 23.0.